The van der Waals surface area contributed by atoms with E-state index in [9.17, 15) is 0 Å². The van der Waals surface area contributed by atoms with Crippen molar-refractivity contribution >= 4 is 22.5 Å². The highest BCUT2D eigenvalue weighted by atomic mass is 32.1. The minimum atomic E-state index is 0.0486. The summed E-state index contributed by atoms with van der Waals surface area (Å²) in [5.74, 6) is 3.26. The SMILES string of the molecule is CC(C)(C)c1ccc(N2CC(CNc3nc(C4CCC4)ns3)C2)nn1. The molecule has 2 fully saturated rings. The number of aromatic nitrogens is 4. The van der Waals surface area contributed by atoms with Gasteiger partial charge in [-0.05, 0) is 25.0 Å². The van der Waals surface area contributed by atoms with Crippen LogP contribution < -0.4 is 10.2 Å². The number of rotatable bonds is 5. The van der Waals surface area contributed by atoms with Gasteiger partial charge >= 0.3 is 0 Å². The van der Waals surface area contributed by atoms with Gasteiger partial charge in [0, 0.05) is 48.4 Å². The molecule has 0 amide bonds. The van der Waals surface area contributed by atoms with E-state index in [2.05, 4.69) is 62.7 Å². The van der Waals surface area contributed by atoms with Crippen molar-refractivity contribution in [3.05, 3.63) is 23.7 Å². The molecule has 0 radical (unpaired) electrons. The van der Waals surface area contributed by atoms with Crippen molar-refractivity contribution in [3.8, 4) is 0 Å². The number of nitrogens with zero attached hydrogens (tertiary/aromatic N) is 5. The summed E-state index contributed by atoms with van der Waals surface area (Å²) in [5.41, 5.74) is 1.08. The van der Waals surface area contributed by atoms with Gasteiger partial charge in [-0.3, -0.25) is 0 Å². The van der Waals surface area contributed by atoms with Gasteiger partial charge < -0.3 is 10.2 Å². The van der Waals surface area contributed by atoms with Gasteiger partial charge in [-0.1, -0.05) is 27.2 Å². The van der Waals surface area contributed by atoms with Crippen LogP contribution in [0.3, 0.4) is 0 Å². The van der Waals surface area contributed by atoms with Gasteiger partial charge in [0.15, 0.2) is 5.82 Å². The van der Waals surface area contributed by atoms with Crippen LogP contribution in [0, 0.1) is 5.92 Å². The zero-order chi connectivity index (χ0) is 17.4. The molecule has 25 heavy (non-hydrogen) atoms. The highest BCUT2D eigenvalue weighted by molar-refractivity contribution is 7.09. The molecule has 0 atom stereocenters. The first kappa shape index (κ1) is 16.7. The molecule has 4 rings (SSSR count). The standard InChI is InChI=1S/C18H26N6S/c1-18(2,3)14-7-8-15(22-21-14)24-10-12(11-24)9-19-17-20-16(23-25-17)13-5-4-6-13/h7-8,12-13H,4-6,9-11H2,1-3H3,(H,19,20,23). The Morgan fingerprint density at radius 3 is 2.60 bits per heavy atom. The van der Waals surface area contributed by atoms with Crippen LogP contribution in [-0.4, -0.2) is 39.2 Å². The van der Waals surface area contributed by atoms with Crippen LogP contribution >= 0.6 is 11.5 Å². The minimum Gasteiger partial charge on any atom is -0.360 e. The molecule has 0 unspecified atom stereocenters. The Kier molecular flexibility index (Phi) is 4.35. The van der Waals surface area contributed by atoms with Gasteiger partial charge in [-0.15, -0.1) is 5.10 Å². The second-order valence-corrected chi connectivity index (χ2v) is 9.02. The zero-order valence-electron chi connectivity index (χ0n) is 15.2. The predicted molar refractivity (Wildman–Crippen MR) is 101 cm³/mol. The second-order valence-electron chi connectivity index (χ2n) is 8.26. The van der Waals surface area contributed by atoms with Crippen molar-refractivity contribution in [3.63, 3.8) is 0 Å². The highest BCUT2D eigenvalue weighted by Crippen LogP contribution is 2.35. The lowest BCUT2D eigenvalue weighted by Gasteiger charge is -2.40. The Labute approximate surface area is 153 Å². The maximum absolute atomic E-state index is 4.63. The third kappa shape index (κ3) is 3.61. The van der Waals surface area contributed by atoms with E-state index in [1.54, 1.807) is 0 Å². The molecular formula is C18H26N6S. The van der Waals surface area contributed by atoms with Crippen LogP contribution in [0.1, 0.15) is 57.5 Å². The zero-order valence-corrected chi connectivity index (χ0v) is 16.0. The minimum absolute atomic E-state index is 0.0486. The average Bonchev–Trinajstić information content (AvgIpc) is 2.92. The van der Waals surface area contributed by atoms with Crippen molar-refractivity contribution in [2.24, 2.45) is 5.92 Å². The van der Waals surface area contributed by atoms with E-state index in [4.69, 9.17) is 0 Å². The fraction of sp³-hybridized carbons (Fsp3) is 0.667. The summed E-state index contributed by atoms with van der Waals surface area (Å²) in [4.78, 5) is 6.92. The molecule has 2 aliphatic rings. The Hall–Kier alpha value is -1.76. The smallest absolute Gasteiger partial charge is 0.202 e. The van der Waals surface area contributed by atoms with Crippen LogP contribution in [0.25, 0.3) is 0 Å². The van der Waals surface area contributed by atoms with Gasteiger partial charge in [0.1, 0.15) is 5.82 Å². The lowest BCUT2D eigenvalue weighted by atomic mass is 9.85. The van der Waals surface area contributed by atoms with Crippen molar-refractivity contribution in [1.29, 1.82) is 0 Å². The van der Waals surface area contributed by atoms with Crippen molar-refractivity contribution in [1.82, 2.24) is 19.6 Å². The molecule has 7 heteroatoms. The maximum Gasteiger partial charge on any atom is 0.202 e. The van der Waals surface area contributed by atoms with Gasteiger partial charge in [0.05, 0.1) is 5.69 Å². The molecule has 2 aromatic rings. The molecule has 0 bridgehead atoms. The molecule has 134 valence electrons. The van der Waals surface area contributed by atoms with Crippen LogP contribution in [-0.2, 0) is 5.41 Å². The van der Waals surface area contributed by atoms with Gasteiger partial charge in [0.25, 0.3) is 0 Å². The van der Waals surface area contributed by atoms with E-state index in [0.717, 1.165) is 42.1 Å². The van der Waals surface area contributed by atoms with Gasteiger partial charge in [-0.25, -0.2) is 4.98 Å². The van der Waals surface area contributed by atoms with E-state index in [1.165, 1.54) is 30.8 Å². The van der Waals surface area contributed by atoms with Gasteiger partial charge in [0.2, 0.25) is 5.13 Å². The van der Waals surface area contributed by atoms with Crippen molar-refractivity contribution in [2.45, 2.75) is 51.4 Å². The van der Waals surface area contributed by atoms with E-state index >= 15 is 0 Å². The van der Waals surface area contributed by atoms with E-state index < -0.39 is 0 Å². The third-order valence-corrected chi connectivity index (χ3v) is 5.84. The second kappa shape index (κ2) is 6.52. The molecule has 1 N–H and O–H groups in total. The van der Waals surface area contributed by atoms with Crippen LogP contribution in [0.15, 0.2) is 12.1 Å². The number of hydrogen-bond donors (Lipinski definition) is 1. The highest BCUT2D eigenvalue weighted by Gasteiger charge is 2.29. The molecule has 1 saturated heterocycles. The summed E-state index contributed by atoms with van der Waals surface area (Å²) in [6.45, 7) is 9.46. The fourth-order valence-electron chi connectivity index (χ4n) is 3.15. The molecule has 2 aromatic heterocycles. The summed E-state index contributed by atoms with van der Waals surface area (Å²) >= 11 is 1.50. The molecule has 6 nitrogen and oxygen atoms in total. The van der Waals surface area contributed by atoms with Gasteiger partial charge in [-0.2, -0.15) is 9.47 Å². The summed E-state index contributed by atoms with van der Waals surface area (Å²) in [6.07, 6.45) is 3.83. The lowest BCUT2D eigenvalue weighted by Crippen LogP contribution is -2.50. The maximum atomic E-state index is 4.63. The Balaban J connectivity index is 1.24. The summed E-state index contributed by atoms with van der Waals surface area (Å²) in [5, 5.41) is 13.2. The average molecular weight is 359 g/mol. The number of hydrogen-bond acceptors (Lipinski definition) is 7. The number of anilines is 2. The first-order valence-corrected chi connectivity index (χ1v) is 9.93. The van der Waals surface area contributed by atoms with E-state index in [-0.39, 0.29) is 5.41 Å². The third-order valence-electron chi connectivity index (χ3n) is 5.15. The van der Waals surface area contributed by atoms with E-state index in [0.29, 0.717) is 11.8 Å². The molecule has 0 aromatic carbocycles. The van der Waals surface area contributed by atoms with Crippen molar-refractivity contribution < 1.29 is 0 Å². The van der Waals surface area contributed by atoms with Crippen LogP contribution in [0.5, 0.6) is 0 Å². The fourth-order valence-corrected chi connectivity index (χ4v) is 3.80. The Morgan fingerprint density at radius 1 is 1.20 bits per heavy atom. The first-order chi connectivity index (χ1) is 12.0. The predicted octanol–water partition coefficient (Wildman–Crippen LogP) is 3.44. The molecule has 1 aliphatic heterocycles. The Bertz CT molecular complexity index is 710. The number of nitrogens with one attached hydrogen (secondary N) is 1. The largest absolute Gasteiger partial charge is 0.360 e. The molecule has 0 spiro atoms. The summed E-state index contributed by atoms with van der Waals surface area (Å²) in [7, 11) is 0. The topological polar surface area (TPSA) is 66.8 Å². The first-order valence-electron chi connectivity index (χ1n) is 9.15. The molecular weight excluding hydrogens is 332 g/mol. The summed E-state index contributed by atoms with van der Waals surface area (Å²) < 4.78 is 4.49. The quantitative estimate of drug-likeness (QED) is 0.883. The molecule has 3 heterocycles. The molecule has 1 saturated carbocycles. The monoisotopic (exact) mass is 358 g/mol. The molecule has 1 aliphatic carbocycles. The summed E-state index contributed by atoms with van der Waals surface area (Å²) in [6, 6.07) is 4.18. The van der Waals surface area contributed by atoms with Crippen LogP contribution in [0.4, 0.5) is 10.9 Å². The van der Waals surface area contributed by atoms with Crippen LogP contribution in [0.2, 0.25) is 0 Å². The Morgan fingerprint density at radius 2 is 2.00 bits per heavy atom. The van der Waals surface area contributed by atoms with E-state index in [1.807, 2.05) is 0 Å². The van der Waals surface area contributed by atoms with Crippen molar-refractivity contribution in [2.75, 3.05) is 29.9 Å². The normalized spacial score (nSPS) is 18.8. The lowest BCUT2D eigenvalue weighted by molar-refractivity contribution is 0.404.